The first kappa shape index (κ1) is 14.4. The summed E-state index contributed by atoms with van der Waals surface area (Å²) in [5, 5.41) is 15.9. The fraction of sp³-hybridized carbons (Fsp3) is 0.917. The van der Waals surface area contributed by atoms with E-state index in [1.807, 2.05) is 0 Å². The molecule has 0 saturated heterocycles. The number of nitrogens with one attached hydrogen (secondary N) is 2. The highest BCUT2D eigenvalue weighted by Crippen LogP contribution is 2.18. The lowest BCUT2D eigenvalue weighted by Gasteiger charge is -2.23. The van der Waals surface area contributed by atoms with Gasteiger partial charge in [-0.1, -0.05) is 0 Å². The number of hydrogen-bond acceptors (Lipinski definition) is 4. The van der Waals surface area contributed by atoms with Crippen LogP contribution < -0.4 is 10.6 Å². The van der Waals surface area contributed by atoms with Gasteiger partial charge in [0.1, 0.15) is 0 Å². The second-order valence-electron chi connectivity index (χ2n) is 5.01. The lowest BCUT2D eigenvalue weighted by molar-refractivity contribution is -0.121. The second kappa shape index (κ2) is 6.93. The molecule has 0 heterocycles. The Morgan fingerprint density at radius 1 is 1.53 bits per heavy atom. The summed E-state index contributed by atoms with van der Waals surface area (Å²) in [4.78, 5) is 11.4. The number of aliphatic hydroxyl groups is 1. The Morgan fingerprint density at radius 2 is 2.24 bits per heavy atom. The standard InChI is InChI=1S/C12H24N2O3/c1-12(16,6-8-17-2)9-13-7-5-11(15)14-10-3-4-10/h10,13,16H,3-9H2,1-2H3,(H,14,15). The lowest BCUT2D eigenvalue weighted by atomic mass is 10.0. The number of hydrogen-bond donors (Lipinski definition) is 3. The molecule has 0 aromatic rings. The van der Waals surface area contributed by atoms with Crippen LogP contribution in [0.15, 0.2) is 0 Å². The molecule has 100 valence electrons. The van der Waals surface area contributed by atoms with Crippen molar-refractivity contribution in [1.29, 1.82) is 0 Å². The summed E-state index contributed by atoms with van der Waals surface area (Å²) in [5.41, 5.74) is -0.775. The minimum atomic E-state index is -0.775. The van der Waals surface area contributed by atoms with E-state index in [-0.39, 0.29) is 5.91 Å². The molecule has 0 aromatic carbocycles. The van der Waals surface area contributed by atoms with E-state index >= 15 is 0 Å². The van der Waals surface area contributed by atoms with Crippen LogP contribution in [-0.2, 0) is 9.53 Å². The zero-order valence-electron chi connectivity index (χ0n) is 10.8. The van der Waals surface area contributed by atoms with Crippen molar-refractivity contribution < 1.29 is 14.6 Å². The summed E-state index contributed by atoms with van der Waals surface area (Å²) in [6.07, 6.45) is 3.29. The van der Waals surface area contributed by atoms with E-state index in [4.69, 9.17) is 4.74 Å². The van der Waals surface area contributed by atoms with Gasteiger partial charge in [-0.2, -0.15) is 0 Å². The molecule has 5 heteroatoms. The fourth-order valence-electron chi connectivity index (χ4n) is 1.50. The van der Waals surface area contributed by atoms with Crippen LogP contribution in [0.2, 0.25) is 0 Å². The molecule has 5 nitrogen and oxygen atoms in total. The largest absolute Gasteiger partial charge is 0.389 e. The maximum atomic E-state index is 11.4. The Kier molecular flexibility index (Phi) is 5.88. The lowest BCUT2D eigenvalue weighted by Crippen LogP contribution is -2.40. The third-order valence-electron chi connectivity index (χ3n) is 2.82. The average Bonchev–Trinajstić information content (AvgIpc) is 3.06. The van der Waals surface area contributed by atoms with E-state index in [2.05, 4.69) is 10.6 Å². The van der Waals surface area contributed by atoms with Crippen LogP contribution in [-0.4, -0.2) is 49.5 Å². The normalized spacial score (nSPS) is 18.8. The maximum absolute atomic E-state index is 11.4. The summed E-state index contributed by atoms with van der Waals surface area (Å²) >= 11 is 0. The monoisotopic (exact) mass is 244 g/mol. The van der Waals surface area contributed by atoms with Gasteiger partial charge in [0.2, 0.25) is 5.91 Å². The van der Waals surface area contributed by atoms with Crippen molar-refractivity contribution in [2.24, 2.45) is 0 Å². The van der Waals surface area contributed by atoms with E-state index in [0.29, 0.717) is 38.6 Å². The third kappa shape index (κ3) is 7.31. The van der Waals surface area contributed by atoms with Gasteiger partial charge in [-0.3, -0.25) is 4.79 Å². The average molecular weight is 244 g/mol. The van der Waals surface area contributed by atoms with Crippen LogP contribution in [0.4, 0.5) is 0 Å². The molecule has 17 heavy (non-hydrogen) atoms. The van der Waals surface area contributed by atoms with Crippen LogP contribution in [0.5, 0.6) is 0 Å². The molecule has 0 bridgehead atoms. The highest BCUT2D eigenvalue weighted by atomic mass is 16.5. The highest BCUT2D eigenvalue weighted by Gasteiger charge is 2.23. The van der Waals surface area contributed by atoms with Gasteiger partial charge < -0.3 is 20.5 Å². The van der Waals surface area contributed by atoms with Gasteiger partial charge >= 0.3 is 0 Å². The van der Waals surface area contributed by atoms with E-state index in [0.717, 1.165) is 12.8 Å². The Balaban J connectivity index is 1.99. The molecule has 0 aliphatic heterocycles. The van der Waals surface area contributed by atoms with E-state index in [9.17, 15) is 9.90 Å². The Hall–Kier alpha value is -0.650. The second-order valence-corrected chi connectivity index (χ2v) is 5.01. The van der Waals surface area contributed by atoms with Gasteiger partial charge in [0, 0.05) is 45.7 Å². The number of methoxy groups -OCH3 is 1. The van der Waals surface area contributed by atoms with E-state index in [1.165, 1.54) is 0 Å². The van der Waals surface area contributed by atoms with E-state index < -0.39 is 5.60 Å². The summed E-state index contributed by atoms with van der Waals surface area (Å²) in [7, 11) is 1.62. The molecule has 1 aliphatic carbocycles. The number of rotatable bonds is 9. The molecule has 0 spiro atoms. The van der Waals surface area contributed by atoms with Crippen molar-refractivity contribution in [1.82, 2.24) is 10.6 Å². The maximum Gasteiger partial charge on any atom is 0.221 e. The molecular weight excluding hydrogens is 220 g/mol. The number of carbonyl (C=O) groups excluding carboxylic acids is 1. The van der Waals surface area contributed by atoms with Gasteiger partial charge in [-0.05, 0) is 19.8 Å². The molecule has 1 atom stereocenters. The third-order valence-corrected chi connectivity index (χ3v) is 2.82. The SMILES string of the molecule is COCCC(C)(O)CNCCC(=O)NC1CC1. The Morgan fingerprint density at radius 3 is 2.82 bits per heavy atom. The van der Waals surface area contributed by atoms with E-state index in [1.54, 1.807) is 14.0 Å². The molecule has 1 saturated carbocycles. The van der Waals surface area contributed by atoms with Crippen LogP contribution in [0.1, 0.15) is 32.6 Å². The molecule has 1 unspecified atom stereocenters. The van der Waals surface area contributed by atoms with Crippen LogP contribution in [0.3, 0.4) is 0 Å². The van der Waals surface area contributed by atoms with Crippen molar-refractivity contribution in [3.63, 3.8) is 0 Å². The molecule has 1 fully saturated rings. The summed E-state index contributed by atoms with van der Waals surface area (Å²) in [5.74, 6) is 0.0940. The Bertz CT molecular complexity index is 240. The zero-order valence-corrected chi connectivity index (χ0v) is 10.8. The topological polar surface area (TPSA) is 70.6 Å². The number of amides is 1. The summed E-state index contributed by atoms with van der Waals surface area (Å²) in [6, 6.07) is 0.423. The van der Waals surface area contributed by atoms with Gasteiger partial charge in [0.05, 0.1) is 5.60 Å². The molecule has 0 radical (unpaired) electrons. The van der Waals surface area contributed by atoms with Crippen molar-refractivity contribution in [3.05, 3.63) is 0 Å². The molecule has 1 aliphatic rings. The molecular formula is C12H24N2O3. The van der Waals surface area contributed by atoms with Gasteiger partial charge in [0.25, 0.3) is 0 Å². The zero-order chi connectivity index (χ0) is 12.7. The first-order chi connectivity index (χ1) is 8.03. The van der Waals surface area contributed by atoms with Crippen molar-refractivity contribution in [2.45, 2.75) is 44.2 Å². The van der Waals surface area contributed by atoms with Gasteiger partial charge in [-0.25, -0.2) is 0 Å². The highest BCUT2D eigenvalue weighted by molar-refractivity contribution is 5.76. The van der Waals surface area contributed by atoms with Gasteiger partial charge in [-0.15, -0.1) is 0 Å². The van der Waals surface area contributed by atoms with Crippen LogP contribution >= 0.6 is 0 Å². The quantitative estimate of drug-likeness (QED) is 0.501. The van der Waals surface area contributed by atoms with Crippen molar-refractivity contribution in [3.8, 4) is 0 Å². The minimum Gasteiger partial charge on any atom is -0.389 e. The van der Waals surface area contributed by atoms with Crippen LogP contribution in [0, 0.1) is 0 Å². The molecule has 0 aromatic heterocycles. The molecule has 1 rings (SSSR count). The van der Waals surface area contributed by atoms with Gasteiger partial charge in [0.15, 0.2) is 0 Å². The smallest absolute Gasteiger partial charge is 0.221 e. The minimum absolute atomic E-state index is 0.0940. The first-order valence-corrected chi connectivity index (χ1v) is 6.25. The summed E-state index contributed by atoms with van der Waals surface area (Å²) in [6.45, 7) is 3.38. The number of carbonyl (C=O) groups is 1. The molecule has 3 N–H and O–H groups in total. The van der Waals surface area contributed by atoms with Crippen molar-refractivity contribution >= 4 is 5.91 Å². The number of ether oxygens (including phenoxy) is 1. The first-order valence-electron chi connectivity index (χ1n) is 6.25. The predicted molar refractivity (Wildman–Crippen MR) is 65.8 cm³/mol. The summed E-state index contributed by atoms with van der Waals surface area (Å²) < 4.78 is 4.92. The van der Waals surface area contributed by atoms with Crippen LogP contribution in [0.25, 0.3) is 0 Å². The Labute approximate surface area is 103 Å². The predicted octanol–water partition coefficient (Wildman–Crippen LogP) is 0.0322. The molecule has 1 amide bonds. The van der Waals surface area contributed by atoms with Crippen molar-refractivity contribution in [2.75, 3.05) is 26.8 Å². The fourth-order valence-corrected chi connectivity index (χ4v) is 1.50.